The summed E-state index contributed by atoms with van der Waals surface area (Å²) >= 11 is 0. The van der Waals surface area contributed by atoms with Gasteiger partial charge in [-0.05, 0) is 34.1 Å². The molecular formula is C32H37N3O. The number of aliphatic imine (C=N–C) groups is 1. The van der Waals surface area contributed by atoms with Crippen molar-refractivity contribution >= 4 is 6.21 Å². The van der Waals surface area contributed by atoms with Gasteiger partial charge in [0.25, 0.3) is 0 Å². The predicted octanol–water partition coefficient (Wildman–Crippen LogP) is 7.64. The second-order valence-corrected chi connectivity index (χ2v) is 11.4. The summed E-state index contributed by atoms with van der Waals surface area (Å²) in [7, 11) is 0. The van der Waals surface area contributed by atoms with Crippen molar-refractivity contribution in [3.8, 4) is 28.3 Å². The lowest BCUT2D eigenvalue weighted by atomic mass is 9.79. The molecule has 1 aromatic heterocycles. The summed E-state index contributed by atoms with van der Waals surface area (Å²) in [5.41, 5.74) is 6.95. The molecule has 0 radical (unpaired) electrons. The zero-order valence-corrected chi connectivity index (χ0v) is 22.3. The molecule has 4 rings (SSSR count). The van der Waals surface area contributed by atoms with Crippen molar-refractivity contribution in [3.63, 3.8) is 0 Å². The number of hydrogen-bond acceptors (Lipinski definition) is 3. The van der Waals surface area contributed by atoms with E-state index in [1.807, 2.05) is 47.3 Å². The normalized spacial score (nSPS) is 12.4. The zero-order chi connectivity index (χ0) is 25.9. The number of nitrogens with zero attached hydrogens (tertiary/aromatic N) is 3. The van der Waals surface area contributed by atoms with Crippen molar-refractivity contribution < 1.29 is 5.11 Å². The summed E-state index contributed by atoms with van der Waals surface area (Å²) in [5.74, 6) is 0.315. The third kappa shape index (κ3) is 5.76. The summed E-state index contributed by atoms with van der Waals surface area (Å²) in [6, 6.07) is 26.9. The number of benzene rings is 3. The van der Waals surface area contributed by atoms with E-state index in [0.29, 0.717) is 18.8 Å². The highest BCUT2D eigenvalue weighted by Crippen LogP contribution is 2.37. The molecule has 4 nitrogen and oxygen atoms in total. The van der Waals surface area contributed by atoms with E-state index >= 15 is 0 Å². The first-order valence-corrected chi connectivity index (χ1v) is 12.6. The number of hydrogen-bond donors (Lipinski definition) is 1. The number of phenolic OH excluding ortho intramolecular Hbond substituents is 1. The van der Waals surface area contributed by atoms with Crippen LogP contribution in [-0.2, 0) is 17.4 Å². The van der Waals surface area contributed by atoms with Gasteiger partial charge in [0.05, 0.1) is 24.5 Å². The van der Waals surface area contributed by atoms with Crippen LogP contribution in [0.1, 0.15) is 58.2 Å². The average Bonchev–Trinajstić information content (AvgIpc) is 3.26. The van der Waals surface area contributed by atoms with Crippen molar-refractivity contribution in [1.29, 1.82) is 0 Å². The Morgan fingerprint density at radius 1 is 0.806 bits per heavy atom. The Balaban J connectivity index is 1.62. The van der Waals surface area contributed by atoms with E-state index in [1.165, 1.54) is 5.56 Å². The van der Waals surface area contributed by atoms with E-state index in [-0.39, 0.29) is 10.8 Å². The summed E-state index contributed by atoms with van der Waals surface area (Å²) in [5, 5.41) is 15.9. The standard InChI is InChI=1S/C32H37N3O/c1-31(2,3)26-19-25(30(36)27(20-26)32(4,5)6)22-33-17-18-35-29(24-15-11-8-12-16-24)21-28(34-35)23-13-9-7-10-14-23/h7-16,19-22,36H,17-18H2,1-6H3. The van der Waals surface area contributed by atoms with Crippen LogP contribution in [0.15, 0.2) is 83.9 Å². The van der Waals surface area contributed by atoms with E-state index in [4.69, 9.17) is 10.1 Å². The first-order chi connectivity index (χ1) is 17.0. The molecular weight excluding hydrogens is 442 g/mol. The third-order valence-electron chi connectivity index (χ3n) is 6.40. The molecule has 1 N–H and O–H groups in total. The lowest BCUT2D eigenvalue weighted by Gasteiger charge is -2.27. The minimum Gasteiger partial charge on any atom is -0.507 e. The third-order valence-corrected chi connectivity index (χ3v) is 6.40. The van der Waals surface area contributed by atoms with Crippen molar-refractivity contribution in [2.45, 2.75) is 58.9 Å². The van der Waals surface area contributed by atoms with Crippen molar-refractivity contribution in [2.24, 2.45) is 4.99 Å². The lowest BCUT2D eigenvalue weighted by molar-refractivity contribution is 0.444. The number of rotatable bonds is 6. The molecule has 36 heavy (non-hydrogen) atoms. The summed E-state index contributed by atoms with van der Waals surface area (Å²) < 4.78 is 2.03. The molecule has 0 bridgehead atoms. The Labute approximate surface area is 215 Å². The zero-order valence-electron chi connectivity index (χ0n) is 22.3. The molecule has 4 aromatic rings. The number of aromatic hydroxyl groups is 1. The topological polar surface area (TPSA) is 50.4 Å². The summed E-state index contributed by atoms with van der Waals surface area (Å²) in [6.07, 6.45) is 1.81. The van der Waals surface area contributed by atoms with Crippen LogP contribution in [0.25, 0.3) is 22.5 Å². The van der Waals surface area contributed by atoms with Crippen LogP contribution in [0, 0.1) is 0 Å². The van der Waals surface area contributed by atoms with Crippen LogP contribution in [0.4, 0.5) is 0 Å². The Morgan fingerprint density at radius 2 is 1.42 bits per heavy atom. The highest BCUT2D eigenvalue weighted by atomic mass is 16.3. The molecule has 1 heterocycles. The molecule has 186 valence electrons. The van der Waals surface area contributed by atoms with Gasteiger partial charge >= 0.3 is 0 Å². The quantitative estimate of drug-likeness (QED) is 0.289. The van der Waals surface area contributed by atoms with Crippen LogP contribution >= 0.6 is 0 Å². The fourth-order valence-corrected chi connectivity index (χ4v) is 4.25. The molecule has 0 unspecified atom stereocenters. The SMILES string of the molecule is CC(C)(C)c1cc(C=NCCn2nc(-c3ccccc3)cc2-c2ccccc2)c(O)c(C(C)(C)C)c1. The van der Waals surface area contributed by atoms with Crippen LogP contribution < -0.4 is 0 Å². The maximum Gasteiger partial charge on any atom is 0.128 e. The smallest absolute Gasteiger partial charge is 0.128 e. The summed E-state index contributed by atoms with van der Waals surface area (Å²) in [6.45, 7) is 14.2. The Kier molecular flexibility index (Phi) is 7.16. The van der Waals surface area contributed by atoms with Crippen molar-refractivity contribution in [2.75, 3.05) is 6.54 Å². The minimum atomic E-state index is -0.165. The molecule has 3 aromatic carbocycles. The fraction of sp³-hybridized carbons (Fsp3) is 0.312. The monoisotopic (exact) mass is 479 g/mol. The molecule has 4 heteroatoms. The minimum absolute atomic E-state index is 0.0240. The van der Waals surface area contributed by atoms with Gasteiger partial charge in [-0.25, -0.2) is 0 Å². The predicted molar refractivity (Wildman–Crippen MR) is 151 cm³/mol. The average molecular weight is 480 g/mol. The molecule has 0 aliphatic rings. The van der Waals surface area contributed by atoms with E-state index < -0.39 is 0 Å². The molecule has 0 saturated heterocycles. The van der Waals surface area contributed by atoms with E-state index in [9.17, 15) is 5.11 Å². The van der Waals surface area contributed by atoms with Gasteiger partial charge in [-0.15, -0.1) is 0 Å². The van der Waals surface area contributed by atoms with Gasteiger partial charge in [0.15, 0.2) is 0 Å². The molecule has 0 atom stereocenters. The van der Waals surface area contributed by atoms with Gasteiger partial charge in [-0.1, -0.05) is 108 Å². The van der Waals surface area contributed by atoms with Gasteiger partial charge in [-0.3, -0.25) is 9.67 Å². The van der Waals surface area contributed by atoms with Gasteiger partial charge in [0, 0.05) is 22.9 Å². The van der Waals surface area contributed by atoms with Crippen molar-refractivity contribution in [1.82, 2.24) is 9.78 Å². The molecule has 0 amide bonds. The largest absolute Gasteiger partial charge is 0.507 e. The first kappa shape index (κ1) is 25.4. The second kappa shape index (κ2) is 10.1. The van der Waals surface area contributed by atoms with Crippen LogP contribution in [0.2, 0.25) is 0 Å². The highest BCUT2D eigenvalue weighted by molar-refractivity contribution is 5.85. The molecule has 0 spiro atoms. The number of aromatic nitrogens is 2. The molecule has 0 saturated carbocycles. The Bertz CT molecular complexity index is 1340. The van der Waals surface area contributed by atoms with E-state index in [1.54, 1.807) is 0 Å². The fourth-order valence-electron chi connectivity index (χ4n) is 4.25. The maximum absolute atomic E-state index is 11.0. The van der Waals surface area contributed by atoms with Gasteiger partial charge in [-0.2, -0.15) is 5.10 Å². The molecule has 0 aliphatic heterocycles. The lowest BCUT2D eigenvalue weighted by Crippen LogP contribution is -2.17. The second-order valence-electron chi connectivity index (χ2n) is 11.4. The Hall–Kier alpha value is -3.66. The molecule has 0 fully saturated rings. The molecule has 0 aliphatic carbocycles. The van der Waals surface area contributed by atoms with Gasteiger partial charge in [0.2, 0.25) is 0 Å². The van der Waals surface area contributed by atoms with Crippen LogP contribution in [-0.4, -0.2) is 27.6 Å². The highest BCUT2D eigenvalue weighted by Gasteiger charge is 2.24. The van der Waals surface area contributed by atoms with Gasteiger partial charge in [0.1, 0.15) is 5.75 Å². The summed E-state index contributed by atoms with van der Waals surface area (Å²) in [4.78, 5) is 4.72. The van der Waals surface area contributed by atoms with Crippen LogP contribution in [0.3, 0.4) is 0 Å². The van der Waals surface area contributed by atoms with E-state index in [0.717, 1.165) is 33.6 Å². The maximum atomic E-state index is 11.0. The Morgan fingerprint density at radius 3 is 2.00 bits per heavy atom. The van der Waals surface area contributed by atoms with E-state index in [2.05, 4.69) is 84.0 Å². The first-order valence-electron chi connectivity index (χ1n) is 12.6. The number of phenols is 1. The van der Waals surface area contributed by atoms with Crippen LogP contribution in [0.5, 0.6) is 5.75 Å². The van der Waals surface area contributed by atoms with Crippen molar-refractivity contribution in [3.05, 3.63) is 95.6 Å². The van der Waals surface area contributed by atoms with Gasteiger partial charge < -0.3 is 5.11 Å².